The molecule has 2 amide bonds. The maximum absolute atomic E-state index is 12.2. The lowest BCUT2D eigenvalue weighted by Crippen LogP contribution is -2.61. The molecule has 2 unspecified atom stereocenters. The first-order valence-corrected chi connectivity index (χ1v) is 6.67. The Morgan fingerprint density at radius 2 is 2.00 bits per heavy atom. The van der Waals surface area contributed by atoms with Crippen molar-refractivity contribution in [3.63, 3.8) is 0 Å². The Hall–Kier alpha value is -1.07. The minimum atomic E-state index is -0.563. The van der Waals surface area contributed by atoms with Gasteiger partial charge < -0.3 is 5.32 Å². The van der Waals surface area contributed by atoms with Gasteiger partial charge in [0.1, 0.15) is 12.1 Å². The second-order valence-electron chi connectivity index (χ2n) is 4.21. The van der Waals surface area contributed by atoms with Crippen molar-refractivity contribution in [2.75, 3.05) is 4.90 Å². The summed E-state index contributed by atoms with van der Waals surface area (Å²) in [6.45, 7) is 3.34. The predicted octanol–water partition coefficient (Wildman–Crippen LogP) is 2.34. The Kier molecular flexibility index (Phi) is 3.64. The molecule has 1 heterocycles. The van der Waals surface area contributed by atoms with Gasteiger partial charge in [-0.3, -0.25) is 14.5 Å². The Balaban J connectivity index is 2.46. The number of anilines is 1. The topological polar surface area (TPSA) is 49.4 Å². The number of hydrogen-bond acceptors (Lipinski definition) is 2. The van der Waals surface area contributed by atoms with E-state index in [0.29, 0.717) is 10.7 Å². The number of nitrogens with one attached hydrogen (secondary N) is 1. The highest BCUT2D eigenvalue weighted by Gasteiger charge is 2.37. The fraction of sp³-hybridized carbons (Fsp3) is 0.333. The molecule has 18 heavy (non-hydrogen) atoms. The summed E-state index contributed by atoms with van der Waals surface area (Å²) in [6.07, 6.45) is 0. The Labute approximate surface area is 118 Å². The Morgan fingerprint density at radius 3 is 2.61 bits per heavy atom. The smallest absolute Gasteiger partial charge is 0.250 e. The molecule has 0 spiro atoms. The maximum Gasteiger partial charge on any atom is 0.250 e. The van der Waals surface area contributed by atoms with E-state index in [1.54, 1.807) is 32.0 Å². The van der Waals surface area contributed by atoms with Crippen LogP contribution >= 0.6 is 27.5 Å². The van der Waals surface area contributed by atoms with E-state index in [0.717, 1.165) is 4.47 Å². The van der Waals surface area contributed by atoms with E-state index in [4.69, 9.17) is 11.6 Å². The number of halogens is 2. The van der Waals surface area contributed by atoms with Crippen LogP contribution in [0.1, 0.15) is 13.8 Å². The highest BCUT2D eigenvalue weighted by molar-refractivity contribution is 9.10. The summed E-state index contributed by atoms with van der Waals surface area (Å²) in [6, 6.07) is 4.12. The number of amides is 2. The Morgan fingerprint density at radius 1 is 1.33 bits per heavy atom. The molecule has 1 fully saturated rings. The zero-order chi connectivity index (χ0) is 13.4. The van der Waals surface area contributed by atoms with E-state index in [2.05, 4.69) is 21.2 Å². The lowest BCUT2D eigenvalue weighted by Gasteiger charge is -2.36. The van der Waals surface area contributed by atoms with Crippen LogP contribution in [0.2, 0.25) is 5.02 Å². The summed E-state index contributed by atoms with van der Waals surface area (Å²) >= 11 is 9.44. The molecule has 0 saturated carbocycles. The molecule has 0 aliphatic carbocycles. The molecule has 1 aromatic carbocycles. The van der Waals surface area contributed by atoms with Crippen molar-refractivity contribution in [2.24, 2.45) is 0 Å². The van der Waals surface area contributed by atoms with Crippen molar-refractivity contribution in [2.45, 2.75) is 25.9 Å². The van der Waals surface area contributed by atoms with E-state index >= 15 is 0 Å². The highest BCUT2D eigenvalue weighted by atomic mass is 79.9. The molecule has 1 saturated heterocycles. The summed E-state index contributed by atoms with van der Waals surface area (Å²) in [5.74, 6) is -0.340. The molecule has 0 radical (unpaired) electrons. The van der Waals surface area contributed by atoms with Gasteiger partial charge in [-0.15, -0.1) is 0 Å². The average molecular weight is 332 g/mol. The number of hydrogen-bond donors (Lipinski definition) is 1. The lowest BCUT2D eigenvalue weighted by atomic mass is 10.1. The summed E-state index contributed by atoms with van der Waals surface area (Å²) < 4.78 is 0.825. The third-order valence-electron chi connectivity index (χ3n) is 2.90. The molecular formula is C12H12BrClN2O2. The van der Waals surface area contributed by atoms with E-state index in [-0.39, 0.29) is 11.8 Å². The van der Waals surface area contributed by atoms with Gasteiger partial charge in [-0.2, -0.15) is 0 Å². The second-order valence-corrected chi connectivity index (χ2v) is 5.53. The fourth-order valence-electron chi connectivity index (χ4n) is 1.92. The van der Waals surface area contributed by atoms with Crippen molar-refractivity contribution < 1.29 is 9.59 Å². The van der Waals surface area contributed by atoms with Crippen LogP contribution in [-0.4, -0.2) is 23.9 Å². The standard InChI is InChI=1S/C12H12BrClN2O2/c1-6-12(18)16(7(2)11(17)15-6)10-4-3-8(13)5-9(10)14/h3-7H,1-2H3,(H,15,17). The van der Waals surface area contributed by atoms with E-state index in [9.17, 15) is 9.59 Å². The van der Waals surface area contributed by atoms with Crippen LogP contribution in [0.4, 0.5) is 5.69 Å². The maximum atomic E-state index is 12.2. The SMILES string of the molecule is CC1NC(=O)C(C)N(c2ccc(Br)cc2Cl)C1=O. The van der Waals surface area contributed by atoms with Gasteiger partial charge in [0, 0.05) is 4.47 Å². The van der Waals surface area contributed by atoms with E-state index in [1.165, 1.54) is 4.90 Å². The van der Waals surface area contributed by atoms with Crippen molar-refractivity contribution in [3.8, 4) is 0 Å². The number of rotatable bonds is 1. The van der Waals surface area contributed by atoms with Gasteiger partial charge in [0.25, 0.3) is 0 Å². The third kappa shape index (κ3) is 2.24. The minimum Gasteiger partial charge on any atom is -0.343 e. The Bertz CT molecular complexity index is 521. The summed E-state index contributed by atoms with van der Waals surface area (Å²) in [7, 11) is 0. The van der Waals surface area contributed by atoms with Gasteiger partial charge in [0.05, 0.1) is 10.7 Å². The first-order chi connectivity index (χ1) is 8.41. The average Bonchev–Trinajstić information content (AvgIpc) is 2.29. The van der Waals surface area contributed by atoms with E-state index < -0.39 is 12.1 Å². The van der Waals surface area contributed by atoms with Crippen molar-refractivity contribution in [1.29, 1.82) is 0 Å². The normalized spacial score (nSPS) is 24.1. The number of piperazine rings is 1. The molecule has 96 valence electrons. The summed E-state index contributed by atoms with van der Waals surface area (Å²) in [5, 5.41) is 3.06. The number of nitrogens with zero attached hydrogens (tertiary/aromatic N) is 1. The molecule has 0 bridgehead atoms. The largest absolute Gasteiger partial charge is 0.343 e. The molecule has 2 atom stereocenters. The molecular weight excluding hydrogens is 320 g/mol. The van der Waals surface area contributed by atoms with Gasteiger partial charge in [-0.1, -0.05) is 27.5 Å². The van der Waals surface area contributed by atoms with Gasteiger partial charge in [0.15, 0.2) is 0 Å². The van der Waals surface area contributed by atoms with Gasteiger partial charge in [-0.05, 0) is 32.0 Å². The summed E-state index contributed by atoms with van der Waals surface area (Å²) in [4.78, 5) is 25.4. The van der Waals surface area contributed by atoms with Gasteiger partial charge in [-0.25, -0.2) is 0 Å². The molecule has 1 aliphatic heterocycles. The zero-order valence-corrected chi connectivity index (χ0v) is 12.2. The summed E-state index contributed by atoms with van der Waals surface area (Å²) in [5.41, 5.74) is 0.555. The molecule has 6 heteroatoms. The van der Waals surface area contributed by atoms with Crippen molar-refractivity contribution in [1.82, 2.24) is 5.32 Å². The van der Waals surface area contributed by atoms with Crippen LogP contribution < -0.4 is 10.2 Å². The molecule has 0 aromatic heterocycles. The van der Waals surface area contributed by atoms with Crippen molar-refractivity contribution >= 4 is 45.0 Å². The number of carbonyl (C=O) groups is 2. The third-order valence-corrected chi connectivity index (χ3v) is 3.70. The van der Waals surface area contributed by atoms with Crippen LogP contribution in [0.25, 0.3) is 0 Å². The monoisotopic (exact) mass is 330 g/mol. The molecule has 1 aliphatic rings. The lowest BCUT2D eigenvalue weighted by molar-refractivity contribution is -0.133. The second kappa shape index (κ2) is 4.90. The first kappa shape index (κ1) is 13.4. The number of carbonyl (C=O) groups excluding carboxylic acids is 2. The van der Waals surface area contributed by atoms with Crippen LogP contribution in [0.3, 0.4) is 0 Å². The zero-order valence-electron chi connectivity index (χ0n) is 9.91. The predicted molar refractivity (Wildman–Crippen MR) is 73.7 cm³/mol. The van der Waals surface area contributed by atoms with Crippen LogP contribution in [0, 0.1) is 0 Å². The van der Waals surface area contributed by atoms with Crippen LogP contribution in [0.5, 0.6) is 0 Å². The van der Waals surface area contributed by atoms with E-state index in [1.807, 2.05) is 0 Å². The molecule has 2 rings (SSSR count). The van der Waals surface area contributed by atoms with Gasteiger partial charge in [0.2, 0.25) is 11.8 Å². The molecule has 1 N–H and O–H groups in total. The first-order valence-electron chi connectivity index (χ1n) is 5.50. The van der Waals surface area contributed by atoms with Crippen LogP contribution in [-0.2, 0) is 9.59 Å². The molecule has 4 nitrogen and oxygen atoms in total. The fourth-order valence-corrected chi connectivity index (χ4v) is 2.68. The van der Waals surface area contributed by atoms with Crippen molar-refractivity contribution in [3.05, 3.63) is 27.7 Å². The van der Waals surface area contributed by atoms with Gasteiger partial charge >= 0.3 is 0 Å². The highest BCUT2D eigenvalue weighted by Crippen LogP contribution is 2.31. The quantitative estimate of drug-likeness (QED) is 0.859. The minimum absolute atomic E-state index is 0.161. The van der Waals surface area contributed by atoms with Crippen LogP contribution in [0.15, 0.2) is 22.7 Å². The molecule has 1 aromatic rings. The number of benzene rings is 1.